The number of aromatic nitrogens is 1. The highest BCUT2D eigenvalue weighted by Crippen LogP contribution is 2.26. The molecular weight excluding hydrogens is 240 g/mol. The summed E-state index contributed by atoms with van der Waals surface area (Å²) in [6, 6.07) is 5.90. The van der Waals surface area contributed by atoms with Gasteiger partial charge in [0, 0.05) is 11.1 Å². The Morgan fingerprint density at radius 3 is 2.81 bits per heavy atom. The molecule has 1 N–H and O–H groups in total. The molecule has 0 aliphatic rings. The zero-order chi connectivity index (χ0) is 11.5. The van der Waals surface area contributed by atoms with Crippen molar-refractivity contribution < 1.29 is 0 Å². The van der Waals surface area contributed by atoms with Crippen molar-refractivity contribution in [3.05, 3.63) is 44.9 Å². The fourth-order valence-electron chi connectivity index (χ4n) is 1.52. The summed E-state index contributed by atoms with van der Waals surface area (Å²) < 4.78 is 0. The predicted octanol–water partition coefficient (Wildman–Crippen LogP) is 4.03. The second kappa shape index (κ2) is 4.85. The normalized spacial score (nSPS) is 10.4. The number of benzene rings is 1. The molecule has 1 heterocycles. The molecule has 0 spiro atoms. The SMILES string of the molecule is Cc1ncc(CNc2c(C)cccc2Cl)s1. The summed E-state index contributed by atoms with van der Waals surface area (Å²) in [7, 11) is 0. The van der Waals surface area contributed by atoms with Crippen LogP contribution in [-0.4, -0.2) is 4.98 Å². The third-order valence-corrected chi connectivity index (χ3v) is 3.56. The van der Waals surface area contributed by atoms with Crippen molar-refractivity contribution in [3.63, 3.8) is 0 Å². The van der Waals surface area contributed by atoms with Crippen LogP contribution >= 0.6 is 22.9 Å². The molecule has 0 amide bonds. The number of thiazole rings is 1. The van der Waals surface area contributed by atoms with Crippen LogP contribution in [0.5, 0.6) is 0 Å². The van der Waals surface area contributed by atoms with Crippen LogP contribution in [0.2, 0.25) is 5.02 Å². The second-order valence-electron chi connectivity index (χ2n) is 3.63. The number of halogens is 1. The van der Waals surface area contributed by atoms with Gasteiger partial charge in [-0.15, -0.1) is 11.3 Å². The van der Waals surface area contributed by atoms with Crippen molar-refractivity contribution in [1.29, 1.82) is 0 Å². The highest BCUT2D eigenvalue weighted by molar-refractivity contribution is 7.11. The van der Waals surface area contributed by atoms with Gasteiger partial charge in [0.25, 0.3) is 0 Å². The molecule has 2 rings (SSSR count). The summed E-state index contributed by atoms with van der Waals surface area (Å²) in [6.07, 6.45) is 1.90. The summed E-state index contributed by atoms with van der Waals surface area (Å²) in [5, 5.41) is 5.20. The van der Waals surface area contributed by atoms with Crippen LogP contribution in [0.3, 0.4) is 0 Å². The van der Waals surface area contributed by atoms with Crippen molar-refractivity contribution in [2.75, 3.05) is 5.32 Å². The Morgan fingerprint density at radius 2 is 2.19 bits per heavy atom. The van der Waals surface area contributed by atoms with Crippen molar-refractivity contribution in [1.82, 2.24) is 4.98 Å². The van der Waals surface area contributed by atoms with Crippen LogP contribution in [0.1, 0.15) is 15.4 Å². The Morgan fingerprint density at radius 1 is 1.38 bits per heavy atom. The van der Waals surface area contributed by atoms with Gasteiger partial charge in [0.2, 0.25) is 0 Å². The third-order valence-electron chi connectivity index (χ3n) is 2.33. The molecule has 1 aromatic heterocycles. The first-order chi connectivity index (χ1) is 7.66. The molecule has 0 saturated heterocycles. The Balaban J connectivity index is 2.10. The number of para-hydroxylation sites is 1. The minimum Gasteiger partial charge on any atom is -0.379 e. The third kappa shape index (κ3) is 2.54. The number of rotatable bonds is 3. The van der Waals surface area contributed by atoms with Crippen LogP contribution in [-0.2, 0) is 6.54 Å². The first-order valence-corrected chi connectivity index (χ1v) is 6.26. The van der Waals surface area contributed by atoms with E-state index >= 15 is 0 Å². The van der Waals surface area contributed by atoms with Gasteiger partial charge >= 0.3 is 0 Å². The van der Waals surface area contributed by atoms with Gasteiger partial charge in [-0.3, -0.25) is 0 Å². The Hall–Kier alpha value is -1.06. The average molecular weight is 253 g/mol. The number of hydrogen-bond acceptors (Lipinski definition) is 3. The number of anilines is 1. The van der Waals surface area contributed by atoms with E-state index < -0.39 is 0 Å². The molecule has 0 saturated carbocycles. The lowest BCUT2D eigenvalue weighted by Gasteiger charge is -2.09. The van der Waals surface area contributed by atoms with Gasteiger partial charge < -0.3 is 5.32 Å². The summed E-state index contributed by atoms with van der Waals surface area (Å²) in [4.78, 5) is 5.44. The molecule has 0 radical (unpaired) electrons. The number of hydrogen-bond donors (Lipinski definition) is 1. The molecule has 2 nitrogen and oxygen atoms in total. The predicted molar refractivity (Wildman–Crippen MR) is 70.4 cm³/mol. The summed E-state index contributed by atoms with van der Waals surface area (Å²) >= 11 is 7.83. The molecule has 4 heteroatoms. The number of nitrogens with zero attached hydrogens (tertiary/aromatic N) is 1. The monoisotopic (exact) mass is 252 g/mol. The number of aryl methyl sites for hydroxylation is 2. The standard InChI is InChI=1S/C12H13ClN2S/c1-8-4-3-5-11(13)12(8)15-7-10-6-14-9(2)16-10/h3-6,15H,7H2,1-2H3. The summed E-state index contributed by atoms with van der Waals surface area (Å²) in [5.74, 6) is 0. The highest BCUT2D eigenvalue weighted by atomic mass is 35.5. The average Bonchev–Trinajstić information content (AvgIpc) is 2.63. The van der Waals surface area contributed by atoms with E-state index in [1.54, 1.807) is 11.3 Å². The molecule has 2 aromatic rings. The van der Waals surface area contributed by atoms with Gasteiger partial charge in [-0.2, -0.15) is 0 Å². The molecule has 0 aliphatic carbocycles. The lowest BCUT2D eigenvalue weighted by atomic mass is 10.2. The minimum atomic E-state index is 0.765. The first kappa shape index (κ1) is 11.4. The maximum atomic E-state index is 6.13. The number of nitrogens with one attached hydrogen (secondary N) is 1. The van der Waals surface area contributed by atoms with Crippen LogP contribution < -0.4 is 5.32 Å². The van der Waals surface area contributed by atoms with E-state index in [9.17, 15) is 0 Å². The molecule has 0 bridgehead atoms. The molecular formula is C12H13ClN2S. The minimum absolute atomic E-state index is 0.765. The Kier molecular flexibility index (Phi) is 3.46. The van der Waals surface area contributed by atoms with Gasteiger partial charge in [-0.05, 0) is 25.5 Å². The molecule has 0 fully saturated rings. The lowest BCUT2D eigenvalue weighted by Crippen LogP contribution is -1.99. The molecule has 1 aromatic carbocycles. The lowest BCUT2D eigenvalue weighted by molar-refractivity contribution is 1.16. The Bertz CT molecular complexity index is 473. The zero-order valence-corrected chi connectivity index (χ0v) is 10.8. The van der Waals surface area contributed by atoms with Crippen molar-refractivity contribution in [2.24, 2.45) is 0 Å². The van der Waals surface area contributed by atoms with Crippen molar-refractivity contribution in [2.45, 2.75) is 20.4 Å². The molecule has 0 aliphatic heterocycles. The van der Waals surface area contributed by atoms with Crippen LogP contribution in [0.15, 0.2) is 24.4 Å². The van der Waals surface area contributed by atoms with E-state index in [0.29, 0.717) is 0 Å². The fourth-order valence-corrected chi connectivity index (χ4v) is 2.54. The second-order valence-corrected chi connectivity index (χ2v) is 5.36. The smallest absolute Gasteiger partial charge is 0.0897 e. The van der Waals surface area contributed by atoms with Crippen LogP contribution in [0.4, 0.5) is 5.69 Å². The zero-order valence-electron chi connectivity index (χ0n) is 9.25. The summed E-state index contributed by atoms with van der Waals surface area (Å²) in [5.41, 5.74) is 2.17. The largest absolute Gasteiger partial charge is 0.379 e. The quantitative estimate of drug-likeness (QED) is 0.892. The maximum Gasteiger partial charge on any atom is 0.0897 e. The molecule has 16 heavy (non-hydrogen) atoms. The van der Waals surface area contributed by atoms with E-state index in [4.69, 9.17) is 11.6 Å². The first-order valence-electron chi connectivity index (χ1n) is 5.07. The van der Waals surface area contributed by atoms with E-state index in [1.165, 1.54) is 4.88 Å². The van der Waals surface area contributed by atoms with Gasteiger partial charge in [-0.1, -0.05) is 23.7 Å². The van der Waals surface area contributed by atoms with E-state index in [-0.39, 0.29) is 0 Å². The van der Waals surface area contributed by atoms with Gasteiger partial charge in [-0.25, -0.2) is 4.98 Å². The van der Waals surface area contributed by atoms with E-state index in [0.717, 1.165) is 27.8 Å². The molecule has 84 valence electrons. The highest BCUT2D eigenvalue weighted by Gasteiger charge is 2.04. The van der Waals surface area contributed by atoms with Crippen molar-refractivity contribution >= 4 is 28.6 Å². The fraction of sp³-hybridized carbons (Fsp3) is 0.250. The summed E-state index contributed by atoms with van der Waals surface area (Å²) in [6.45, 7) is 4.83. The topological polar surface area (TPSA) is 24.9 Å². The Labute approximate surface area is 104 Å². The van der Waals surface area contributed by atoms with E-state index in [2.05, 4.69) is 10.3 Å². The van der Waals surface area contributed by atoms with Gasteiger partial charge in [0.05, 0.1) is 22.3 Å². The molecule has 0 unspecified atom stereocenters. The molecule has 0 atom stereocenters. The van der Waals surface area contributed by atoms with Gasteiger partial charge in [0.1, 0.15) is 0 Å². The van der Waals surface area contributed by atoms with Crippen molar-refractivity contribution in [3.8, 4) is 0 Å². The maximum absolute atomic E-state index is 6.13. The van der Waals surface area contributed by atoms with Gasteiger partial charge in [0.15, 0.2) is 0 Å². The van der Waals surface area contributed by atoms with Crippen LogP contribution in [0.25, 0.3) is 0 Å². The van der Waals surface area contributed by atoms with Crippen LogP contribution in [0, 0.1) is 13.8 Å². The van der Waals surface area contributed by atoms with E-state index in [1.807, 2.05) is 38.2 Å².